The van der Waals surface area contributed by atoms with E-state index in [1.54, 1.807) is 6.07 Å². The summed E-state index contributed by atoms with van der Waals surface area (Å²) in [5.74, 6) is -1.40. The van der Waals surface area contributed by atoms with E-state index in [1.807, 2.05) is 23.1 Å². The van der Waals surface area contributed by atoms with Crippen molar-refractivity contribution in [2.75, 3.05) is 26.2 Å². The molecule has 0 N–H and O–H groups in total. The molecule has 1 amide bonds. The largest absolute Gasteiger partial charge is 0.340 e. The molecule has 1 aliphatic rings. The van der Waals surface area contributed by atoms with Crippen molar-refractivity contribution >= 4 is 5.91 Å². The highest BCUT2D eigenvalue weighted by Gasteiger charge is 2.21. The average Bonchev–Trinajstić information content (AvgIpc) is 2.67. The number of nitrogens with zero attached hydrogens (tertiary/aromatic N) is 2. The Morgan fingerprint density at radius 2 is 1.65 bits per heavy atom. The van der Waals surface area contributed by atoms with E-state index >= 15 is 0 Å². The van der Waals surface area contributed by atoms with Gasteiger partial charge >= 0.3 is 0 Å². The lowest BCUT2D eigenvalue weighted by atomic mass is 10.1. The summed E-state index contributed by atoms with van der Waals surface area (Å²) in [4.78, 5) is 16.3. The number of rotatable bonds is 6. The maximum Gasteiger partial charge on any atom is 0.222 e. The SMILES string of the molecule is O=C(CCCc1ccccc1)N1CCN(Cc2cccc(F)c2F)CC1. The zero-order valence-corrected chi connectivity index (χ0v) is 14.8. The van der Waals surface area contributed by atoms with Crippen molar-refractivity contribution in [3.05, 3.63) is 71.3 Å². The molecule has 1 saturated heterocycles. The van der Waals surface area contributed by atoms with Crippen LogP contribution in [0.2, 0.25) is 0 Å². The van der Waals surface area contributed by atoms with Crippen LogP contribution in [0.1, 0.15) is 24.0 Å². The van der Waals surface area contributed by atoms with E-state index in [4.69, 9.17) is 0 Å². The van der Waals surface area contributed by atoms with Crippen LogP contribution >= 0.6 is 0 Å². The highest BCUT2D eigenvalue weighted by atomic mass is 19.2. The first-order chi connectivity index (χ1) is 12.6. The number of piperazine rings is 1. The molecular formula is C21H24F2N2O. The second-order valence-corrected chi connectivity index (χ2v) is 6.71. The van der Waals surface area contributed by atoms with Gasteiger partial charge < -0.3 is 4.90 Å². The van der Waals surface area contributed by atoms with Crippen LogP contribution in [0.3, 0.4) is 0 Å². The highest BCUT2D eigenvalue weighted by molar-refractivity contribution is 5.76. The van der Waals surface area contributed by atoms with Gasteiger partial charge in [0.05, 0.1) is 0 Å². The van der Waals surface area contributed by atoms with Crippen molar-refractivity contribution in [1.82, 2.24) is 9.80 Å². The lowest BCUT2D eigenvalue weighted by molar-refractivity contribution is -0.133. The Morgan fingerprint density at radius 3 is 2.38 bits per heavy atom. The summed E-state index contributed by atoms with van der Waals surface area (Å²) >= 11 is 0. The van der Waals surface area contributed by atoms with Crippen LogP contribution in [0.25, 0.3) is 0 Å². The summed E-state index contributed by atoms with van der Waals surface area (Å²) in [5, 5.41) is 0. The van der Waals surface area contributed by atoms with Gasteiger partial charge in [0.1, 0.15) is 0 Å². The number of hydrogen-bond donors (Lipinski definition) is 0. The molecule has 26 heavy (non-hydrogen) atoms. The van der Waals surface area contributed by atoms with E-state index in [0.717, 1.165) is 18.9 Å². The van der Waals surface area contributed by atoms with Crippen molar-refractivity contribution in [3.63, 3.8) is 0 Å². The minimum atomic E-state index is -0.810. The first-order valence-corrected chi connectivity index (χ1v) is 9.10. The Balaban J connectivity index is 1.41. The van der Waals surface area contributed by atoms with E-state index < -0.39 is 11.6 Å². The molecule has 0 bridgehead atoms. The topological polar surface area (TPSA) is 23.6 Å². The molecule has 0 aromatic heterocycles. The first kappa shape index (κ1) is 18.5. The Morgan fingerprint density at radius 1 is 0.923 bits per heavy atom. The number of aryl methyl sites for hydroxylation is 1. The molecule has 3 rings (SSSR count). The molecule has 3 nitrogen and oxygen atoms in total. The van der Waals surface area contributed by atoms with Crippen LogP contribution in [-0.4, -0.2) is 41.9 Å². The predicted octanol–water partition coefficient (Wildman–Crippen LogP) is 3.63. The molecule has 0 radical (unpaired) electrons. The molecule has 1 aliphatic heterocycles. The molecule has 2 aromatic rings. The van der Waals surface area contributed by atoms with Gasteiger partial charge in [0.15, 0.2) is 11.6 Å². The van der Waals surface area contributed by atoms with Crippen LogP contribution in [0, 0.1) is 11.6 Å². The molecule has 1 heterocycles. The van der Waals surface area contributed by atoms with Crippen molar-refractivity contribution < 1.29 is 13.6 Å². The zero-order valence-electron chi connectivity index (χ0n) is 14.8. The number of amides is 1. The lowest BCUT2D eigenvalue weighted by Gasteiger charge is -2.35. The number of halogens is 2. The summed E-state index contributed by atoms with van der Waals surface area (Å²) in [6, 6.07) is 14.4. The fourth-order valence-corrected chi connectivity index (χ4v) is 3.31. The smallest absolute Gasteiger partial charge is 0.222 e. The Hall–Kier alpha value is -2.27. The first-order valence-electron chi connectivity index (χ1n) is 9.10. The van der Waals surface area contributed by atoms with E-state index in [-0.39, 0.29) is 5.91 Å². The molecule has 0 aliphatic carbocycles. The lowest BCUT2D eigenvalue weighted by Crippen LogP contribution is -2.48. The van der Waals surface area contributed by atoms with Crippen LogP contribution in [0.15, 0.2) is 48.5 Å². The monoisotopic (exact) mass is 358 g/mol. The van der Waals surface area contributed by atoms with E-state index in [1.165, 1.54) is 11.6 Å². The van der Waals surface area contributed by atoms with Gasteiger partial charge in [0.25, 0.3) is 0 Å². The minimum Gasteiger partial charge on any atom is -0.340 e. The molecule has 0 spiro atoms. The van der Waals surface area contributed by atoms with Gasteiger partial charge in [-0.3, -0.25) is 9.69 Å². The Bertz CT molecular complexity index is 728. The summed E-state index contributed by atoms with van der Waals surface area (Å²) in [5.41, 5.74) is 1.62. The number of carbonyl (C=O) groups excluding carboxylic acids is 1. The van der Waals surface area contributed by atoms with Gasteiger partial charge in [-0.1, -0.05) is 42.5 Å². The predicted molar refractivity (Wildman–Crippen MR) is 97.6 cm³/mol. The van der Waals surface area contributed by atoms with E-state index in [2.05, 4.69) is 17.0 Å². The van der Waals surface area contributed by atoms with Crippen molar-refractivity contribution in [2.24, 2.45) is 0 Å². The normalized spacial score (nSPS) is 15.2. The summed E-state index contributed by atoms with van der Waals surface area (Å²) in [7, 11) is 0. The number of hydrogen-bond acceptors (Lipinski definition) is 2. The maximum absolute atomic E-state index is 13.8. The third-order valence-corrected chi connectivity index (χ3v) is 4.85. The molecule has 0 atom stereocenters. The highest BCUT2D eigenvalue weighted by Crippen LogP contribution is 2.15. The van der Waals surface area contributed by atoms with Crippen molar-refractivity contribution in [1.29, 1.82) is 0 Å². The van der Waals surface area contributed by atoms with Gasteiger partial charge in [-0.2, -0.15) is 0 Å². The van der Waals surface area contributed by atoms with Crippen LogP contribution in [0.4, 0.5) is 8.78 Å². The molecular weight excluding hydrogens is 334 g/mol. The fourth-order valence-electron chi connectivity index (χ4n) is 3.31. The van der Waals surface area contributed by atoms with Crippen molar-refractivity contribution in [3.8, 4) is 0 Å². The maximum atomic E-state index is 13.8. The minimum absolute atomic E-state index is 0.178. The zero-order chi connectivity index (χ0) is 18.4. The van der Waals surface area contributed by atoms with Gasteiger partial charge in [-0.25, -0.2) is 8.78 Å². The standard InChI is InChI=1S/C21H24F2N2O/c22-19-10-5-9-18(21(19)23)16-24-12-14-25(15-13-24)20(26)11-4-8-17-6-2-1-3-7-17/h1-3,5-7,9-10H,4,8,11-16H2. The number of benzene rings is 2. The molecule has 5 heteroatoms. The average molecular weight is 358 g/mol. The summed E-state index contributed by atoms with van der Waals surface area (Å²) in [6.07, 6.45) is 2.30. The molecule has 2 aromatic carbocycles. The Labute approximate surface area is 153 Å². The van der Waals surface area contributed by atoms with Gasteiger partial charge in [-0.15, -0.1) is 0 Å². The Kier molecular flexibility index (Phi) is 6.34. The molecule has 0 saturated carbocycles. The summed E-state index contributed by atoms with van der Waals surface area (Å²) < 4.78 is 27.1. The van der Waals surface area contributed by atoms with Gasteiger partial charge in [0, 0.05) is 44.7 Å². The van der Waals surface area contributed by atoms with Crippen LogP contribution in [0.5, 0.6) is 0 Å². The van der Waals surface area contributed by atoms with E-state index in [9.17, 15) is 13.6 Å². The van der Waals surface area contributed by atoms with Crippen molar-refractivity contribution in [2.45, 2.75) is 25.8 Å². The molecule has 138 valence electrons. The summed E-state index contributed by atoms with van der Waals surface area (Å²) in [6.45, 7) is 3.02. The van der Waals surface area contributed by atoms with Gasteiger partial charge in [0.2, 0.25) is 5.91 Å². The third-order valence-electron chi connectivity index (χ3n) is 4.85. The molecule has 0 unspecified atom stereocenters. The second kappa shape index (κ2) is 8.90. The quantitative estimate of drug-likeness (QED) is 0.787. The second-order valence-electron chi connectivity index (χ2n) is 6.71. The number of carbonyl (C=O) groups is 1. The fraction of sp³-hybridized carbons (Fsp3) is 0.381. The molecule has 1 fully saturated rings. The van der Waals surface area contributed by atoms with Crippen LogP contribution < -0.4 is 0 Å². The third kappa shape index (κ3) is 4.88. The van der Waals surface area contributed by atoms with Gasteiger partial charge in [-0.05, 0) is 24.5 Å². The van der Waals surface area contributed by atoms with Crippen LogP contribution in [-0.2, 0) is 17.8 Å². The van der Waals surface area contributed by atoms with E-state index in [0.29, 0.717) is 44.7 Å².